The van der Waals surface area contributed by atoms with E-state index in [0.717, 1.165) is 11.3 Å². The molecule has 0 saturated heterocycles. The topological polar surface area (TPSA) is 47.6 Å². The van der Waals surface area contributed by atoms with Crippen molar-refractivity contribution in [2.24, 2.45) is 0 Å². The Morgan fingerprint density at radius 2 is 1.61 bits per heavy atom. The Hall–Kier alpha value is -2.75. The van der Waals surface area contributed by atoms with Crippen molar-refractivity contribution < 1.29 is 14.3 Å². The van der Waals surface area contributed by atoms with Crippen LogP contribution in [-0.4, -0.2) is 20.0 Å². The van der Waals surface area contributed by atoms with Gasteiger partial charge in [0, 0.05) is 41.7 Å². The number of hydrogen-bond acceptors (Lipinski definition) is 4. The molecule has 0 unspecified atom stereocenters. The zero-order valence-electron chi connectivity index (χ0n) is 13.8. The van der Waals surface area contributed by atoms with Gasteiger partial charge >= 0.3 is 0 Å². The minimum atomic E-state index is -0.0459. The van der Waals surface area contributed by atoms with Crippen molar-refractivity contribution >= 4 is 11.5 Å². The summed E-state index contributed by atoms with van der Waals surface area (Å²) in [6.07, 6.45) is 3.13. The monoisotopic (exact) mass is 311 g/mol. The van der Waals surface area contributed by atoms with Gasteiger partial charge in [0.15, 0.2) is 5.78 Å². The summed E-state index contributed by atoms with van der Waals surface area (Å²) in [6.45, 7) is 4.02. The molecule has 2 aromatic rings. The van der Waals surface area contributed by atoms with Gasteiger partial charge in [-0.2, -0.15) is 0 Å². The molecule has 0 amide bonds. The molecule has 0 aliphatic rings. The van der Waals surface area contributed by atoms with Crippen LogP contribution in [-0.2, 0) is 0 Å². The Morgan fingerprint density at radius 3 is 2.17 bits per heavy atom. The molecule has 0 aromatic heterocycles. The standard InChI is InChI=1S/C19H21NO3/c1-13-5-6-15(9-14(13)2)19(21)7-8-20-16-10-17(22-3)12-18(11-16)23-4/h5-12,20H,1-4H3. The third kappa shape index (κ3) is 4.36. The zero-order chi connectivity index (χ0) is 16.8. The van der Waals surface area contributed by atoms with Crippen molar-refractivity contribution in [1.29, 1.82) is 0 Å². The molecule has 0 radical (unpaired) electrons. The van der Waals surface area contributed by atoms with Crippen LogP contribution in [0.2, 0.25) is 0 Å². The van der Waals surface area contributed by atoms with Gasteiger partial charge in [-0.3, -0.25) is 4.79 Å². The summed E-state index contributed by atoms with van der Waals surface area (Å²) in [7, 11) is 3.19. The van der Waals surface area contributed by atoms with E-state index >= 15 is 0 Å². The summed E-state index contributed by atoms with van der Waals surface area (Å²) in [4.78, 5) is 12.2. The number of carbonyl (C=O) groups is 1. The smallest absolute Gasteiger partial charge is 0.187 e. The third-order valence-corrected chi connectivity index (χ3v) is 3.63. The minimum Gasteiger partial charge on any atom is -0.497 e. The molecule has 2 rings (SSSR count). The van der Waals surface area contributed by atoms with Crippen LogP contribution in [0.15, 0.2) is 48.7 Å². The number of ether oxygens (including phenoxy) is 2. The van der Waals surface area contributed by atoms with Crippen molar-refractivity contribution in [3.8, 4) is 11.5 Å². The lowest BCUT2D eigenvalue weighted by Crippen LogP contribution is -1.98. The maximum atomic E-state index is 12.2. The van der Waals surface area contributed by atoms with Gasteiger partial charge in [0.2, 0.25) is 0 Å². The first-order chi connectivity index (χ1) is 11.0. The van der Waals surface area contributed by atoms with E-state index in [9.17, 15) is 4.79 Å². The molecule has 0 spiro atoms. The fourth-order valence-electron chi connectivity index (χ4n) is 2.10. The molecular weight excluding hydrogens is 290 g/mol. The van der Waals surface area contributed by atoms with E-state index in [2.05, 4.69) is 5.32 Å². The van der Waals surface area contributed by atoms with Gasteiger partial charge in [-0.25, -0.2) is 0 Å². The van der Waals surface area contributed by atoms with Gasteiger partial charge in [-0.05, 0) is 31.0 Å². The lowest BCUT2D eigenvalue weighted by molar-refractivity contribution is 0.104. The number of rotatable bonds is 6. The first-order valence-corrected chi connectivity index (χ1v) is 7.31. The number of methoxy groups -OCH3 is 2. The van der Waals surface area contributed by atoms with Crippen LogP contribution in [0.4, 0.5) is 5.69 Å². The number of carbonyl (C=O) groups excluding carboxylic acids is 1. The second-order valence-electron chi connectivity index (χ2n) is 5.24. The highest BCUT2D eigenvalue weighted by molar-refractivity contribution is 6.04. The number of hydrogen-bond donors (Lipinski definition) is 1. The number of anilines is 1. The quantitative estimate of drug-likeness (QED) is 0.643. The third-order valence-electron chi connectivity index (χ3n) is 3.63. The molecule has 1 N–H and O–H groups in total. The molecular formula is C19H21NO3. The Bertz CT molecular complexity index is 713. The fraction of sp³-hybridized carbons (Fsp3) is 0.211. The number of allylic oxidation sites excluding steroid dienone is 1. The summed E-state index contributed by atoms with van der Waals surface area (Å²) in [5.41, 5.74) is 3.74. The molecule has 0 saturated carbocycles. The summed E-state index contributed by atoms with van der Waals surface area (Å²) >= 11 is 0. The summed E-state index contributed by atoms with van der Waals surface area (Å²) in [5, 5.41) is 3.06. The van der Waals surface area contributed by atoms with E-state index in [4.69, 9.17) is 9.47 Å². The van der Waals surface area contributed by atoms with E-state index in [0.29, 0.717) is 17.1 Å². The Kier molecular flexibility index (Phi) is 5.41. The first-order valence-electron chi connectivity index (χ1n) is 7.31. The van der Waals surface area contributed by atoms with E-state index in [1.807, 2.05) is 44.2 Å². The van der Waals surface area contributed by atoms with Crippen molar-refractivity contribution in [2.75, 3.05) is 19.5 Å². The number of ketones is 1. The molecule has 0 fully saturated rings. The van der Waals surface area contributed by atoms with Crippen LogP contribution in [0.3, 0.4) is 0 Å². The summed E-state index contributed by atoms with van der Waals surface area (Å²) in [5.74, 6) is 1.32. The molecule has 23 heavy (non-hydrogen) atoms. The van der Waals surface area contributed by atoms with Gasteiger partial charge in [-0.15, -0.1) is 0 Å². The first kappa shape index (κ1) is 16.6. The van der Waals surface area contributed by atoms with Crippen LogP contribution in [0.25, 0.3) is 0 Å². The highest BCUT2D eigenvalue weighted by Crippen LogP contribution is 2.25. The fourth-order valence-corrected chi connectivity index (χ4v) is 2.10. The number of aryl methyl sites for hydroxylation is 2. The molecule has 0 bridgehead atoms. The van der Waals surface area contributed by atoms with Gasteiger partial charge in [0.1, 0.15) is 11.5 Å². The lowest BCUT2D eigenvalue weighted by Gasteiger charge is -2.08. The largest absolute Gasteiger partial charge is 0.497 e. The molecule has 0 aliphatic carbocycles. The number of nitrogens with one attached hydrogen (secondary N) is 1. The predicted molar refractivity (Wildman–Crippen MR) is 92.6 cm³/mol. The Morgan fingerprint density at radius 1 is 0.957 bits per heavy atom. The number of benzene rings is 2. The molecule has 0 atom stereocenters. The molecule has 4 nitrogen and oxygen atoms in total. The second-order valence-corrected chi connectivity index (χ2v) is 5.24. The van der Waals surface area contributed by atoms with Crippen molar-refractivity contribution in [3.63, 3.8) is 0 Å². The normalized spacial score (nSPS) is 10.6. The molecule has 2 aromatic carbocycles. The van der Waals surface area contributed by atoms with Crippen LogP contribution in [0.1, 0.15) is 21.5 Å². The summed E-state index contributed by atoms with van der Waals surface area (Å²) in [6, 6.07) is 11.1. The molecule has 4 heteroatoms. The van der Waals surface area contributed by atoms with Gasteiger partial charge < -0.3 is 14.8 Å². The van der Waals surface area contributed by atoms with E-state index in [1.165, 1.54) is 11.6 Å². The van der Waals surface area contributed by atoms with Crippen LogP contribution < -0.4 is 14.8 Å². The predicted octanol–water partition coefficient (Wildman–Crippen LogP) is 4.13. The maximum Gasteiger partial charge on any atom is 0.187 e. The zero-order valence-corrected chi connectivity index (χ0v) is 13.8. The second kappa shape index (κ2) is 7.49. The molecule has 120 valence electrons. The lowest BCUT2D eigenvalue weighted by atomic mass is 10.0. The van der Waals surface area contributed by atoms with Gasteiger partial charge in [-0.1, -0.05) is 12.1 Å². The average molecular weight is 311 g/mol. The summed E-state index contributed by atoms with van der Waals surface area (Å²) < 4.78 is 10.4. The highest BCUT2D eigenvalue weighted by atomic mass is 16.5. The molecule has 0 heterocycles. The highest BCUT2D eigenvalue weighted by Gasteiger charge is 2.04. The van der Waals surface area contributed by atoms with Crippen molar-refractivity contribution in [2.45, 2.75) is 13.8 Å². The average Bonchev–Trinajstić information content (AvgIpc) is 2.56. The Balaban J connectivity index is 2.08. The Labute approximate surface area is 136 Å². The van der Waals surface area contributed by atoms with Gasteiger partial charge in [0.05, 0.1) is 14.2 Å². The van der Waals surface area contributed by atoms with Crippen LogP contribution in [0, 0.1) is 13.8 Å². The van der Waals surface area contributed by atoms with E-state index < -0.39 is 0 Å². The molecule has 0 aliphatic heterocycles. The van der Waals surface area contributed by atoms with E-state index in [1.54, 1.807) is 26.5 Å². The SMILES string of the molecule is COc1cc(NC=CC(=O)c2ccc(C)c(C)c2)cc(OC)c1. The van der Waals surface area contributed by atoms with E-state index in [-0.39, 0.29) is 5.78 Å². The van der Waals surface area contributed by atoms with Crippen LogP contribution in [0.5, 0.6) is 11.5 Å². The minimum absolute atomic E-state index is 0.0459. The maximum absolute atomic E-state index is 12.2. The van der Waals surface area contributed by atoms with Gasteiger partial charge in [0.25, 0.3) is 0 Å². The van der Waals surface area contributed by atoms with Crippen molar-refractivity contribution in [3.05, 3.63) is 65.4 Å². The van der Waals surface area contributed by atoms with Crippen molar-refractivity contribution in [1.82, 2.24) is 0 Å². The van der Waals surface area contributed by atoms with Crippen LogP contribution >= 0.6 is 0 Å².